The molecular formula is C22H18N2O6. The second kappa shape index (κ2) is 7.75. The highest BCUT2D eigenvalue weighted by Crippen LogP contribution is 2.36. The molecule has 2 N–H and O–H groups in total. The molecule has 0 unspecified atom stereocenters. The first-order chi connectivity index (χ1) is 14.5. The minimum Gasteiger partial charge on any atom is -0.495 e. The monoisotopic (exact) mass is 406 g/mol. The van der Waals surface area contributed by atoms with Crippen LogP contribution in [0.15, 0.2) is 53.1 Å². The fourth-order valence-electron chi connectivity index (χ4n) is 3.13. The zero-order chi connectivity index (χ0) is 21.3. The maximum atomic E-state index is 12.3. The van der Waals surface area contributed by atoms with E-state index in [9.17, 15) is 14.4 Å². The number of nitrogens with one attached hydrogen (secondary N) is 2. The average molecular weight is 406 g/mol. The average Bonchev–Trinajstić information content (AvgIpc) is 3.36. The molecule has 8 nitrogen and oxygen atoms in total. The highest BCUT2D eigenvalue weighted by Gasteiger charge is 2.17. The molecule has 0 atom stereocenters. The third kappa shape index (κ3) is 3.62. The zero-order valence-electron chi connectivity index (χ0n) is 16.3. The van der Waals surface area contributed by atoms with Crippen molar-refractivity contribution in [2.45, 2.75) is 6.92 Å². The lowest BCUT2D eigenvalue weighted by atomic mass is 10.1. The number of fused-ring (bicyclic) bond motifs is 3. The summed E-state index contributed by atoms with van der Waals surface area (Å²) >= 11 is 0. The highest BCUT2D eigenvalue weighted by molar-refractivity contribution is 6.08. The maximum absolute atomic E-state index is 12.3. The minimum atomic E-state index is -0.739. The Morgan fingerprint density at radius 1 is 1.07 bits per heavy atom. The van der Waals surface area contributed by atoms with E-state index in [2.05, 4.69) is 10.3 Å². The Bertz CT molecular complexity index is 1280. The Kier molecular flexibility index (Phi) is 4.97. The number of rotatable bonds is 6. The Labute approximate surface area is 170 Å². The summed E-state index contributed by atoms with van der Waals surface area (Å²) in [5, 5.41) is 4.46. The summed E-state index contributed by atoms with van der Waals surface area (Å²) in [6, 6.07) is 12.4. The van der Waals surface area contributed by atoms with Crippen LogP contribution in [0.4, 0.5) is 5.69 Å². The van der Waals surface area contributed by atoms with Gasteiger partial charge in [0.25, 0.3) is 5.91 Å². The molecule has 2 aromatic carbocycles. The van der Waals surface area contributed by atoms with Gasteiger partial charge in [-0.25, -0.2) is 4.79 Å². The number of esters is 1. The number of benzene rings is 2. The third-order valence-electron chi connectivity index (χ3n) is 4.62. The number of aromatic amines is 1. The molecule has 0 fully saturated rings. The molecule has 0 saturated heterocycles. The van der Waals surface area contributed by atoms with Crippen LogP contribution in [0.25, 0.3) is 21.9 Å². The number of hydrogen-bond acceptors (Lipinski definition) is 6. The Hall–Kier alpha value is -4.07. The van der Waals surface area contributed by atoms with Gasteiger partial charge in [0, 0.05) is 28.6 Å². The molecule has 0 saturated carbocycles. The maximum Gasteiger partial charge on any atom is 0.355 e. The molecule has 0 aliphatic heterocycles. The molecular weight excluding hydrogens is 388 g/mol. The predicted molar refractivity (Wildman–Crippen MR) is 110 cm³/mol. The largest absolute Gasteiger partial charge is 0.495 e. The van der Waals surface area contributed by atoms with Crippen molar-refractivity contribution in [3.63, 3.8) is 0 Å². The van der Waals surface area contributed by atoms with Gasteiger partial charge < -0.3 is 24.2 Å². The summed E-state index contributed by atoms with van der Waals surface area (Å²) in [6.07, 6.45) is 1.41. The number of amides is 1. The molecule has 2 heterocycles. The number of Topliss-reactive ketones (excluding diaryl/α,β-unsaturated/α-hetero) is 1. The number of furan rings is 1. The van der Waals surface area contributed by atoms with E-state index in [0.29, 0.717) is 22.6 Å². The van der Waals surface area contributed by atoms with Crippen LogP contribution in [-0.2, 0) is 9.53 Å². The van der Waals surface area contributed by atoms with Gasteiger partial charge in [-0.05, 0) is 25.1 Å². The van der Waals surface area contributed by atoms with Gasteiger partial charge in [-0.1, -0.05) is 18.2 Å². The lowest BCUT2D eigenvalue weighted by Gasteiger charge is -2.10. The molecule has 1 amide bonds. The number of ketones is 1. The summed E-state index contributed by atoms with van der Waals surface area (Å²) in [7, 11) is 1.50. The molecule has 0 bridgehead atoms. The third-order valence-corrected chi connectivity index (χ3v) is 4.62. The van der Waals surface area contributed by atoms with E-state index in [1.807, 2.05) is 24.3 Å². The van der Waals surface area contributed by atoms with E-state index in [-0.39, 0.29) is 11.5 Å². The molecule has 4 rings (SSSR count). The van der Waals surface area contributed by atoms with Crippen molar-refractivity contribution in [2.24, 2.45) is 0 Å². The number of H-pyrrole nitrogens is 1. The number of carbonyl (C=O) groups is 3. The van der Waals surface area contributed by atoms with Gasteiger partial charge in [0.15, 0.2) is 12.4 Å². The number of ether oxygens (including phenoxy) is 2. The van der Waals surface area contributed by atoms with E-state index in [1.165, 1.54) is 26.3 Å². The first-order valence-corrected chi connectivity index (χ1v) is 9.12. The molecule has 2 aromatic heterocycles. The van der Waals surface area contributed by atoms with E-state index in [1.54, 1.807) is 12.1 Å². The van der Waals surface area contributed by atoms with Crippen LogP contribution >= 0.6 is 0 Å². The van der Waals surface area contributed by atoms with Gasteiger partial charge in [-0.3, -0.25) is 9.59 Å². The van der Waals surface area contributed by atoms with Gasteiger partial charge in [-0.2, -0.15) is 0 Å². The van der Waals surface area contributed by atoms with Gasteiger partial charge >= 0.3 is 5.97 Å². The molecule has 0 radical (unpaired) electrons. The fraction of sp³-hybridized carbons (Fsp3) is 0.136. The second-order valence-corrected chi connectivity index (χ2v) is 6.63. The summed E-state index contributed by atoms with van der Waals surface area (Å²) < 4.78 is 16.2. The van der Waals surface area contributed by atoms with E-state index in [4.69, 9.17) is 13.9 Å². The van der Waals surface area contributed by atoms with Crippen LogP contribution in [0.1, 0.15) is 27.8 Å². The topological polar surface area (TPSA) is 111 Å². The molecule has 0 spiro atoms. The molecule has 0 aliphatic carbocycles. The summed E-state index contributed by atoms with van der Waals surface area (Å²) in [4.78, 5) is 38.3. The van der Waals surface area contributed by atoms with Gasteiger partial charge in [0.2, 0.25) is 0 Å². The van der Waals surface area contributed by atoms with Crippen molar-refractivity contribution in [1.29, 1.82) is 0 Å². The normalized spacial score (nSPS) is 10.9. The van der Waals surface area contributed by atoms with Gasteiger partial charge in [0.05, 0.1) is 12.8 Å². The second-order valence-electron chi connectivity index (χ2n) is 6.63. The summed E-state index contributed by atoms with van der Waals surface area (Å²) in [6.45, 7) is 0.881. The van der Waals surface area contributed by atoms with Crippen LogP contribution in [0.5, 0.6) is 5.75 Å². The fourth-order valence-corrected chi connectivity index (χ4v) is 3.13. The molecule has 8 heteroatoms. The Morgan fingerprint density at radius 2 is 1.87 bits per heavy atom. The van der Waals surface area contributed by atoms with Gasteiger partial charge in [0.1, 0.15) is 22.6 Å². The quantitative estimate of drug-likeness (QED) is 0.371. The highest BCUT2D eigenvalue weighted by atomic mass is 16.5. The summed E-state index contributed by atoms with van der Waals surface area (Å²) in [5.41, 5.74) is 2.16. The lowest BCUT2D eigenvalue weighted by Crippen LogP contribution is -2.21. The lowest BCUT2D eigenvalue weighted by molar-refractivity contribution is -0.119. The number of para-hydroxylation sites is 1. The Balaban J connectivity index is 1.48. The van der Waals surface area contributed by atoms with Gasteiger partial charge in [-0.15, -0.1) is 0 Å². The number of carbonyl (C=O) groups excluding carboxylic acids is 3. The van der Waals surface area contributed by atoms with Crippen molar-refractivity contribution >= 4 is 45.3 Å². The van der Waals surface area contributed by atoms with Crippen LogP contribution in [0.3, 0.4) is 0 Å². The van der Waals surface area contributed by atoms with Crippen molar-refractivity contribution in [2.75, 3.05) is 19.0 Å². The molecule has 30 heavy (non-hydrogen) atoms. The van der Waals surface area contributed by atoms with Crippen molar-refractivity contribution in [1.82, 2.24) is 4.98 Å². The van der Waals surface area contributed by atoms with Crippen LogP contribution in [0.2, 0.25) is 0 Å². The number of anilines is 1. The molecule has 0 aliphatic rings. The van der Waals surface area contributed by atoms with Crippen LogP contribution in [-0.4, -0.2) is 36.4 Å². The van der Waals surface area contributed by atoms with Crippen molar-refractivity contribution < 1.29 is 28.3 Å². The minimum absolute atomic E-state index is 0.0919. The van der Waals surface area contributed by atoms with E-state index < -0.39 is 18.5 Å². The standard InChI is InChI=1S/C22H18N2O6/c1-12(25)13-7-17(23-10-13)22(27)29-11-21(26)24-16-9-19-15(8-20(16)28-2)14-5-3-4-6-18(14)30-19/h3-10,23H,11H2,1-2H3,(H,24,26). The van der Waals surface area contributed by atoms with Crippen LogP contribution in [0, 0.1) is 0 Å². The first-order valence-electron chi connectivity index (χ1n) is 9.12. The molecule has 152 valence electrons. The SMILES string of the molecule is COc1cc2c(cc1NC(=O)COC(=O)c1cc(C(C)=O)c[nH]1)oc1ccccc12. The molecule has 4 aromatic rings. The smallest absolute Gasteiger partial charge is 0.355 e. The number of aromatic nitrogens is 1. The van der Waals surface area contributed by atoms with Crippen molar-refractivity contribution in [3.05, 3.63) is 59.9 Å². The van der Waals surface area contributed by atoms with Crippen molar-refractivity contribution in [3.8, 4) is 5.75 Å². The zero-order valence-corrected chi connectivity index (χ0v) is 16.3. The Morgan fingerprint density at radius 3 is 2.60 bits per heavy atom. The first kappa shape index (κ1) is 19.3. The van der Waals surface area contributed by atoms with Crippen LogP contribution < -0.4 is 10.1 Å². The van der Waals surface area contributed by atoms with E-state index in [0.717, 1.165) is 16.4 Å². The summed E-state index contributed by atoms with van der Waals surface area (Å²) in [5.74, 6) is -1.02. The number of methoxy groups -OCH3 is 1. The number of hydrogen-bond donors (Lipinski definition) is 2. The van der Waals surface area contributed by atoms with E-state index >= 15 is 0 Å². The predicted octanol–water partition coefficient (Wildman–Crippen LogP) is 3.92.